The van der Waals surface area contributed by atoms with Crippen molar-refractivity contribution in [3.8, 4) is 0 Å². The molecule has 2 unspecified atom stereocenters. The summed E-state index contributed by atoms with van der Waals surface area (Å²) in [4.78, 5) is 4.29. The Hall–Kier alpha value is -0.320. The van der Waals surface area contributed by atoms with E-state index in [1.165, 1.54) is 6.42 Å². The molecule has 1 saturated carbocycles. The van der Waals surface area contributed by atoms with Crippen LogP contribution in [0.3, 0.4) is 0 Å². The fourth-order valence-electron chi connectivity index (χ4n) is 2.71. The van der Waals surface area contributed by atoms with Crippen LogP contribution >= 0.6 is 27.5 Å². The van der Waals surface area contributed by atoms with Crippen molar-refractivity contribution >= 4 is 33.3 Å². The number of anilines is 1. The van der Waals surface area contributed by atoms with Crippen LogP contribution in [-0.2, 0) is 0 Å². The average molecular weight is 334 g/mol. The van der Waals surface area contributed by atoms with Crippen LogP contribution in [0, 0.1) is 5.92 Å². The van der Waals surface area contributed by atoms with Crippen molar-refractivity contribution in [2.24, 2.45) is 5.92 Å². The molecule has 2 atom stereocenters. The van der Waals surface area contributed by atoms with Gasteiger partial charge in [0.2, 0.25) is 0 Å². The first-order valence-corrected chi connectivity index (χ1v) is 7.42. The first kappa shape index (κ1) is 14.1. The number of aromatic nitrogens is 1. The molecule has 0 aliphatic heterocycles. The molecule has 100 valence electrons. The normalized spacial score (nSPS) is 28.1. The van der Waals surface area contributed by atoms with Crippen LogP contribution in [0.15, 0.2) is 16.7 Å². The highest BCUT2D eigenvalue weighted by Crippen LogP contribution is 2.36. The minimum atomic E-state index is -0.276. The summed E-state index contributed by atoms with van der Waals surface area (Å²) in [6.07, 6.45) is 5.98. The predicted octanol–water partition coefficient (Wildman–Crippen LogP) is 3.85. The molecule has 0 radical (unpaired) electrons. The van der Waals surface area contributed by atoms with Crippen molar-refractivity contribution in [2.75, 3.05) is 11.9 Å². The third-order valence-electron chi connectivity index (χ3n) is 3.59. The molecule has 1 fully saturated rings. The van der Waals surface area contributed by atoms with Gasteiger partial charge in [-0.2, -0.15) is 0 Å². The van der Waals surface area contributed by atoms with Crippen LogP contribution in [0.4, 0.5) is 5.82 Å². The monoisotopic (exact) mass is 332 g/mol. The Labute approximate surface area is 121 Å². The highest BCUT2D eigenvalue weighted by Gasteiger charge is 2.35. The maximum Gasteiger partial charge on any atom is 0.145 e. The van der Waals surface area contributed by atoms with E-state index in [4.69, 9.17) is 11.6 Å². The summed E-state index contributed by atoms with van der Waals surface area (Å²) in [5.41, 5.74) is -0.276. The van der Waals surface area contributed by atoms with Crippen LogP contribution in [-0.4, -0.2) is 22.2 Å². The van der Waals surface area contributed by atoms with Crippen molar-refractivity contribution in [1.82, 2.24) is 4.98 Å². The Morgan fingerprint density at radius 2 is 2.44 bits per heavy atom. The highest BCUT2D eigenvalue weighted by atomic mass is 79.9. The zero-order valence-electron chi connectivity index (χ0n) is 10.4. The molecule has 5 heteroatoms. The van der Waals surface area contributed by atoms with Gasteiger partial charge in [-0.3, -0.25) is 0 Å². The van der Waals surface area contributed by atoms with E-state index >= 15 is 0 Å². The number of aliphatic hydroxyl groups excluding tert-OH is 1. The Morgan fingerprint density at radius 3 is 3.06 bits per heavy atom. The maximum absolute atomic E-state index is 9.72. The van der Waals surface area contributed by atoms with Crippen LogP contribution in [0.25, 0.3) is 0 Å². The molecule has 0 spiro atoms. The summed E-state index contributed by atoms with van der Waals surface area (Å²) in [5, 5.41) is 13.7. The second kappa shape index (κ2) is 5.76. The maximum atomic E-state index is 9.72. The highest BCUT2D eigenvalue weighted by molar-refractivity contribution is 9.10. The first-order valence-electron chi connectivity index (χ1n) is 6.25. The van der Waals surface area contributed by atoms with Gasteiger partial charge in [0.1, 0.15) is 5.82 Å². The molecular formula is C13H18BrClN2O. The molecule has 1 aromatic heterocycles. The lowest BCUT2D eigenvalue weighted by atomic mass is 9.77. The Bertz CT molecular complexity index is 429. The van der Waals surface area contributed by atoms with E-state index < -0.39 is 0 Å². The summed E-state index contributed by atoms with van der Waals surface area (Å²) in [7, 11) is 0. The Kier molecular flexibility index (Phi) is 4.51. The van der Waals surface area contributed by atoms with Gasteiger partial charge in [0.25, 0.3) is 0 Å². The fraction of sp³-hybridized carbons (Fsp3) is 0.615. The summed E-state index contributed by atoms with van der Waals surface area (Å²) in [6.45, 7) is 2.34. The van der Waals surface area contributed by atoms with E-state index in [-0.39, 0.29) is 12.1 Å². The summed E-state index contributed by atoms with van der Waals surface area (Å²) in [6, 6.07) is 1.81. The number of hydrogen-bond donors (Lipinski definition) is 2. The summed E-state index contributed by atoms with van der Waals surface area (Å²) < 4.78 is 0.855. The average Bonchev–Trinajstić information content (AvgIpc) is 2.33. The van der Waals surface area contributed by atoms with Crippen LogP contribution in [0.2, 0.25) is 5.02 Å². The number of halogens is 2. The molecule has 1 aromatic rings. The number of rotatable bonds is 3. The van der Waals surface area contributed by atoms with Crippen molar-refractivity contribution in [3.05, 3.63) is 21.8 Å². The fourth-order valence-corrected chi connectivity index (χ4v) is 3.39. The third kappa shape index (κ3) is 3.16. The van der Waals surface area contributed by atoms with E-state index in [2.05, 4.69) is 33.2 Å². The minimum Gasteiger partial charge on any atom is -0.394 e. The van der Waals surface area contributed by atoms with Crippen molar-refractivity contribution in [1.29, 1.82) is 0 Å². The number of pyridine rings is 1. The predicted molar refractivity (Wildman–Crippen MR) is 78.0 cm³/mol. The number of aliphatic hydroxyl groups is 1. The molecule has 2 rings (SSSR count). The van der Waals surface area contributed by atoms with E-state index in [0.29, 0.717) is 16.8 Å². The van der Waals surface area contributed by atoms with Gasteiger partial charge in [-0.15, -0.1) is 0 Å². The van der Waals surface area contributed by atoms with E-state index in [0.717, 1.165) is 23.7 Å². The SMILES string of the molecule is CC1CCCC(CO)(Nc2ncc(Br)cc2Cl)C1. The lowest BCUT2D eigenvalue weighted by Crippen LogP contribution is -2.46. The van der Waals surface area contributed by atoms with Gasteiger partial charge in [-0.05, 0) is 40.8 Å². The molecule has 2 N–H and O–H groups in total. The third-order valence-corrected chi connectivity index (χ3v) is 4.31. The summed E-state index contributed by atoms with van der Waals surface area (Å²) >= 11 is 9.50. The van der Waals surface area contributed by atoms with Crippen molar-refractivity contribution < 1.29 is 5.11 Å². The zero-order valence-corrected chi connectivity index (χ0v) is 12.8. The molecule has 1 aliphatic carbocycles. The van der Waals surface area contributed by atoms with Gasteiger partial charge in [0, 0.05) is 10.7 Å². The van der Waals surface area contributed by atoms with E-state index in [9.17, 15) is 5.11 Å². The van der Waals surface area contributed by atoms with Crippen molar-refractivity contribution in [3.63, 3.8) is 0 Å². The smallest absolute Gasteiger partial charge is 0.145 e. The molecule has 1 heterocycles. The second-order valence-electron chi connectivity index (χ2n) is 5.25. The lowest BCUT2D eigenvalue weighted by Gasteiger charge is -2.40. The van der Waals surface area contributed by atoms with E-state index in [1.807, 2.05) is 6.07 Å². The number of nitrogens with one attached hydrogen (secondary N) is 1. The Morgan fingerprint density at radius 1 is 1.67 bits per heavy atom. The van der Waals surface area contributed by atoms with Crippen molar-refractivity contribution in [2.45, 2.75) is 38.1 Å². The van der Waals surface area contributed by atoms with E-state index in [1.54, 1.807) is 6.20 Å². The molecule has 0 aromatic carbocycles. The lowest BCUT2D eigenvalue weighted by molar-refractivity contribution is 0.149. The molecule has 18 heavy (non-hydrogen) atoms. The largest absolute Gasteiger partial charge is 0.394 e. The standard InChI is InChI=1S/C13H18BrClN2O/c1-9-3-2-4-13(6-9,8-18)17-12-11(15)5-10(14)7-16-12/h5,7,9,18H,2-4,6,8H2,1H3,(H,16,17). The minimum absolute atomic E-state index is 0.116. The topological polar surface area (TPSA) is 45.1 Å². The molecule has 1 aliphatic rings. The Balaban J connectivity index is 2.19. The van der Waals surface area contributed by atoms with Gasteiger partial charge in [0.15, 0.2) is 0 Å². The van der Waals surface area contributed by atoms with Gasteiger partial charge >= 0.3 is 0 Å². The van der Waals surface area contributed by atoms with Crippen LogP contribution < -0.4 is 5.32 Å². The second-order valence-corrected chi connectivity index (χ2v) is 6.57. The molecule has 0 saturated heterocycles. The summed E-state index contributed by atoms with van der Waals surface area (Å²) in [5.74, 6) is 1.27. The number of nitrogens with zero attached hydrogens (tertiary/aromatic N) is 1. The zero-order chi connectivity index (χ0) is 13.2. The van der Waals surface area contributed by atoms with Crippen LogP contribution in [0.1, 0.15) is 32.6 Å². The quantitative estimate of drug-likeness (QED) is 0.883. The van der Waals surface area contributed by atoms with Gasteiger partial charge < -0.3 is 10.4 Å². The molecule has 3 nitrogen and oxygen atoms in total. The van der Waals surface area contributed by atoms with Gasteiger partial charge in [-0.25, -0.2) is 4.98 Å². The first-order chi connectivity index (χ1) is 8.54. The molecule has 0 amide bonds. The molecule has 0 bridgehead atoms. The molecular weight excluding hydrogens is 316 g/mol. The van der Waals surface area contributed by atoms with Gasteiger partial charge in [-0.1, -0.05) is 31.4 Å². The van der Waals surface area contributed by atoms with Gasteiger partial charge in [0.05, 0.1) is 17.2 Å². The number of hydrogen-bond acceptors (Lipinski definition) is 3. The van der Waals surface area contributed by atoms with Crippen LogP contribution in [0.5, 0.6) is 0 Å².